The Morgan fingerprint density at radius 3 is 1.47 bits per heavy atom. The van der Waals surface area contributed by atoms with Crippen molar-refractivity contribution in [2.45, 2.75) is 25.7 Å². The van der Waals surface area contributed by atoms with Crippen LogP contribution in [0.15, 0.2) is 74.6 Å². The van der Waals surface area contributed by atoms with Crippen LogP contribution in [0, 0.1) is 69.2 Å². The average Bonchev–Trinajstić information content (AvgIpc) is 3.89. The van der Waals surface area contributed by atoms with E-state index >= 15 is 35.1 Å². The summed E-state index contributed by atoms with van der Waals surface area (Å²) in [4.78, 5) is 18.0. The molecule has 8 bridgehead atoms. The molecule has 2 aromatic heterocycles. The molecule has 0 spiro atoms. The van der Waals surface area contributed by atoms with E-state index in [-0.39, 0.29) is 53.5 Å². The average molecular weight is 812 g/mol. The van der Waals surface area contributed by atoms with E-state index < -0.39 is 98.9 Å². The molecule has 5 heterocycles. The van der Waals surface area contributed by atoms with E-state index in [0.717, 1.165) is 4.48 Å². The lowest BCUT2D eigenvalue weighted by atomic mass is 9.88. The predicted octanol–water partition coefficient (Wildman–Crippen LogP) is 7.53. The maximum absolute atomic E-state index is 16.3. The first-order chi connectivity index (χ1) is 29.0. The Bertz CT molecular complexity index is 3490. The van der Waals surface area contributed by atoms with Gasteiger partial charge in [0.15, 0.2) is 58.2 Å². The Morgan fingerprint density at radius 2 is 0.933 bits per heavy atom. The maximum atomic E-state index is 16.3. The molecule has 0 amide bonds. The zero-order valence-corrected chi connectivity index (χ0v) is 30.1. The molecule has 0 saturated carbocycles. The van der Waals surface area contributed by atoms with E-state index in [1.54, 1.807) is 54.6 Å². The number of halogens is 8. The van der Waals surface area contributed by atoms with Crippen LogP contribution in [-0.4, -0.2) is 27.8 Å². The maximum Gasteiger partial charge on any atom is 0.633 e. The van der Waals surface area contributed by atoms with E-state index in [1.807, 2.05) is 0 Å². The van der Waals surface area contributed by atoms with E-state index in [4.69, 9.17) is 14.6 Å². The molecule has 18 heteroatoms. The third-order valence-electron chi connectivity index (χ3n) is 11.4. The van der Waals surface area contributed by atoms with Gasteiger partial charge in [0.2, 0.25) is 0 Å². The number of hydrogen-bond donors (Lipinski definition) is 0. The largest absolute Gasteiger partial charge is 0.633 e. The summed E-state index contributed by atoms with van der Waals surface area (Å²) in [5.41, 5.74) is 0.511. The molecule has 0 saturated heterocycles. The molecule has 14 rings (SSSR count). The summed E-state index contributed by atoms with van der Waals surface area (Å²) in [5.74, 6) is -19.2. The zero-order valence-electron chi connectivity index (χ0n) is 30.1. The summed E-state index contributed by atoms with van der Waals surface area (Å²) < 4.78 is 134. The van der Waals surface area contributed by atoms with Gasteiger partial charge in [-0.1, -0.05) is 42.5 Å². The van der Waals surface area contributed by atoms with Crippen LogP contribution in [0.4, 0.5) is 46.8 Å². The Labute approximate surface area is 330 Å². The molecule has 0 fully saturated rings. The fourth-order valence-corrected chi connectivity index (χ4v) is 8.68. The van der Waals surface area contributed by atoms with Crippen LogP contribution in [0.2, 0.25) is 0 Å². The van der Waals surface area contributed by atoms with Crippen LogP contribution in [0.1, 0.15) is 44.5 Å². The van der Waals surface area contributed by atoms with Crippen LogP contribution in [0.25, 0.3) is 21.5 Å². The van der Waals surface area contributed by atoms with Gasteiger partial charge in [0.25, 0.3) is 0 Å². The Morgan fingerprint density at radius 1 is 0.483 bits per heavy atom. The third kappa shape index (κ3) is 4.55. The lowest BCUT2D eigenvalue weighted by Crippen LogP contribution is -2.52. The normalized spacial score (nSPS) is 14.5. The molecule has 290 valence electrons. The summed E-state index contributed by atoms with van der Waals surface area (Å²) in [6, 6.07) is 19.4. The molecule has 0 unspecified atom stereocenters. The highest BCUT2D eigenvalue weighted by molar-refractivity contribution is 6.52. The summed E-state index contributed by atoms with van der Waals surface area (Å²) in [6.07, 6.45) is 0.786. The zero-order chi connectivity index (χ0) is 41.5. The van der Waals surface area contributed by atoms with Crippen molar-refractivity contribution < 1.29 is 39.8 Å². The number of amidine groups is 2. The Hall–Kier alpha value is -7.60. The second kappa shape index (κ2) is 12.5. The molecule has 5 aromatic carbocycles. The van der Waals surface area contributed by atoms with Crippen molar-refractivity contribution in [1.29, 1.82) is 10.5 Å². The molecule has 7 aromatic rings. The van der Waals surface area contributed by atoms with Gasteiger partial charge in [-0.25, -0.2) is 55.1 Å². The van der Waals surface area contributed by atoms with Crippen molar-refractivity contribution >= 4 is 52.0 Å². The number of nitrogens with zero attached hydrogens (tertiary/aromatic N) is 8. The molecular formula is C42H17BF8N8O. The molecular weight excluding hydrogens is 795 g/mol. The van der Waals surface area contributed by atoms with E-state index in [0.29, 0.717) is 33.0 Å². The Kier molecular flexibility index (Phi) is 7.38. The number of aliphatic imine (C=N–C) groups is 2. The first kappa shape index (κ1) is 35.6. The Balaban J connectivity index is 1.37. The number of fused-ring (bicyclic) bond motifs is 7. The highest BCUT2D eigenvalue weighted by Crippen LogP contribution is 2.45. The van der Waals surface area contributed by atoms with Crippen molar-refractivity contribution in [3.8, 4) is 17.9 Å². The van der Waals surface area contributed by atoms with Crippen molar-refractivity contribution in [3.05, 3.63) is 157 Å². The number of aryl methyl sites for hydroxylation is 4. The van der Waals surface area contributed by atoms with E-state index in [9.17, 15) is 10.5 Å². The number of nitriles is 2. The van der Waals surface area contributed by atoms with Gasteiger partial charge in [-0.2, -0.15) is 10.5 Å². The minimum atomic E-state index is -2.23. The van der Waals surface area contributed by atoms with Gasteiger partial charge in [-0.05, 0) is 60.1 Å². The number of para-hydroxylation sites is 1. The third-order valence-corrected chi connectivity index (χ3v) is 11.4. The quantitative estimate of drug-likeness (QED) is 0.0778. The molecule has 9 nitrogen and oxygen atoms in total. The van der Waals surface area contributed by atoms with Crippen molar-refractivity contribution in [3.63, 3.8) is 0 Å². The minimum absolute atomic E-state index is 0.0331. The second-order valence-corrected chi connectivity index (χ2v) is 14.4. The summed E-state index contributed by atoms with van der Waals surface area (Å²) in [5, 5.41) is 19.0. The fraction of sp³-hybridized carbons (Fsp3) is 0.0952. The van der Waals surface area contributed by atoms with Gasteiger partial charge in [0.05, 0.1) is 33.0 Å². The highest BCUT2D eigenvalue weighted by atomic mass is 19.2. The second-order valence-electron chi connectivity index (χ2n) is 14.4. The monoisotopic (exact) mass is 812 g/mol. The van der Waals surface area contributed by atoms with Crippen LogP contribution in [0.3, 0.4) is 0 Å². The van der Waals surface area contributed by atoms with Crippen molar-refractivity contribution in [1.82, 2.24) is 8.96 Å². The molecule has 60 heavy (non-hydrogen) atoms. The molecule has 0 atom stereocenters. The molecule has 4 aliphatic carbocycles. The van der Waals surface area contributed by atoms with Crippen LogP contribution < -0.4 is 15.6 Å². The van der Waals surface area contributed by atoms with Gasteiger partial charge in [-0.3, -0.25) is 8.96 Å². The van der Waals surface area contributed by atoms with Gasteiger partial charge in [0.1, 0.15) is 40.5 Å². The van der Waals surface area contributed by atoms with Crippen molar-refractivity contribution in [2.24, 2.45) is 20.0 Å². The minimum Gasteiger partial charge on any atom is -0.523 e. The van der Waals surface area contributed by atoms with Gasteiger partial charge in [-0.15, -0.1) is 0 Å². The molecule has 0 radical (unpaired) electrons. The standard InChI is InChI=1S/C42H17BF8N8O/c44-29-25-26(30(45)34(49)33(29)48)38-54-37(25)55-39-23-18-10-8-16-6-7-17(22(15-53)21(16)14-52)9-11-19(13-12-18)24(23)40-57-42-28-27(31(46)35(50)36(51)32(28)47)41(56-38)59(42)43(58(39)40)60-20-4-2-1-3-5-20/h1-7,12-13H,8-11H2. The topological polar surface area (TPSA) is 116 Å². The van der Waals surface area contributed by atoms with Crippen LogP contribution in [0.5, 0.6) is 5.75 Å². The molecule has 7 aliphatic rings. The van der Waals surface area contributed by atoms with Gasteiger partial charge >= 0.3 is 7.19 Å². The van der Waals surface area contributed by atoms with E-state index in [1.165, 1.54) is 4.48 Å². The van der Waals surface area contributed by atoms with Crippen LogP contribution >= 0.6 is 0 Å². The molecule has 3 aliphatic heterocycles. The van der Waals surface area contributed by atoms with Gasteiger partial charge in [0, 0.05) is 10.8 Å². The lowest BCUT2D eigenvalue weighted by molar-refractivity contribution is 0.407. The van der Waals surface area contributed by atoms with Crippen LogP contribution in [-0.2, 0) is 25.7 Å². The first-order valence-electron chi connectivity index (χ1n) is 18.2. The first-order valence-corrected chi connectivity index (χ1v) is 18.2. The summed E-state index contributed by atoms with van der Waals surface area (Å²) in [6.45, 7) is 0. The SMILES string of the molecule is N#Cc1c2ccc(c1C#N)CCc1ccc(c3c4n5c(c13)=Nc1c3c(F)c(F)c(F)c(F)c3c(n1B5Oc1ccccc1)N=C1N=C(N=4)c3c(F)c(F)c(F)c(F)c31)CC2. The smallest absolute Gasteiger partial charge is 0.523 e. The lowest BCUT2D eigenvalue weighted by Gasteiger charge is -2.23. The number of rotatable bonds is 2. The molecule has 0 N–H and O–H groups in total. The van der Waals surface area contributed by atoms with E-state index in [2.05, 4.69) is 22.1 Å². The number of hydrogen-bond acceptors (Lipinski definition) is 7. The fourth-order valence-electron chi connectivity index (χ4n) is 8.68. The summed E-state index contributed by atoms with van der Waals surface area (Å²) in [7, 11) is -1.67. The van der Waals surface area contributed by atoms with Crippen molar-refractivity contribution in [2.75, 3.05) is 0 Å². The number of benzene rings is 5. The van der Waals surface area contributed by atoms with Gasteiger partial charge < -0.3 is 4.65 Å². The number of aromatic nitrogens is 2. The summed E-state index contributed by atoms with van der Waals surface area (Å²) >= 11 is 0. The highest BCUT2D eigenvalue weighted by Gasteiger charge is 2.44. The predicted molar refractivity (Wildman–Crippen MR) is 199 cm³/mol.